The molecule has 0 radical (unpaired) electrons. The van der Waals surface area contributed by atoms with Crippen LogP contribution < -0.4 is 5.73 Å². The van der Waals surface area contributed by atoms with Crippen molar-refractivity contribution in [2.45, 2.75) is 43.9 Å². The zero-order valence-corrected chi connectivity index (χ0v) is 13.9. The molecule has 4 nitrogen and oxygen atoms in total. The lowest BCUT2D eigenvalue weighted by Crippen LogP contribution is -2.38. The summed E-state index contributed by atoms with van der Waals surface area (Å²) in [5.41, 5.74) is 7.06. The molecule has 1 aromatic rings. The molecule has 0 spiro atoms. The predicted octanol–water partition coefficient (Wildman–Crippen LogP) is 2.42. The molecule has 0 heterocycles. The molecule has 1 fully saturated rings. The molecule has 1 aliphatic carbocycles. The van der Waals surface area contributed by atoms with E-state index in [4.69, 9.17) is 18.0 Å². The molecule has 0 saturated heterocycles. The molecular formula is C15H22N2O2S2. The van der Waals surface area contributed by atoms with Gasteiger partial charge in [-0.2, -0.15) is 0 Å². The standard InChI is InChI=1S/C15H22N2O2S2/c1-17(14-5-3-2-4-6-14)21(18,19)11-12-7-9-13(10-8-12)15(16)20/h7-10,14H,2-6,11H2,1H3,(H2,16,20). The van der Waals surface area contributed by atoms with Crippen LogP contribution in [-0.4, -0.2) is 30.8 Å². The highest BCUT2D eigenvalue weighted by molar-refractivity contribution is 7.88. The van der Waals surface area contributed by atoms with Gasteiger partial charge in [-0.1, -0.05) is 55.7 Å². The number of sulfonamides is 1. The highest BCUT2D eigenvalue weighted by Gasteiger charge is 2.27. The van der Waals surface area contributed by atoms with E-state index in [9.17, 15) is 8.42 Å². The molecule has 0 aliphatic heterocycles. The molecule has 1 saturated carbocycles. The molecule has 6 heteroatoms. The second kappa shape index (κ2) is 6.85. The quantitative estimate of drug-likeness (QED) is 0.844. The van der Waals surface area contributed by atoms with Gasteiger partial charge in [0.2, 0.25) is 10.0 Å². The lowest BCUT2D eigenvalue weighted by atomic mass is 9.96. The predicted molar refractivity (Wildman–Crippen MR) is 89.6 cm³/mol. The lowest BCUT2D eigenvalue weighted by Gasteiger charge is -2.30. The number of thiocarbonyl (C=S) groups is 1. The molecule has 116 valence electrons. The Morgan fingerprint density at radius 1 is 1.24 bits per heavy atom. The van der Waals surface area contributed by atoms with Crippen LogP contribution in [0.25, 0.3) is 0 Å². The summed E-state index contributed by atoms with van der Waals surface area (Å²) in [6, 6.07) is 7.25. The van der Waals surface area contributed by atoms with E-state index in [0.29, 0.717) is 4.99 Å². The highest BCUT2D eigenvalue weighted by atomic mass is 32.2. The first kappa shape index (κ1) is 16.4. The molecule has 2 N–H and O–H groups in total. The van der Waals surface area contributed by atoms with Gasteiger partial charge in [0.15, 0.2) is 0 Å². The van der Waals surface area contributed by atoms with E-state index in [2.05, 4.69) is 0 Å². The Morgan fingerprint density at radius 3 is 2.33 bits per heavy atom. The van der Waals surface area contributed by atoms with Gasteiger partial charge in [-0.15, -0.1) is 0 Å². The molecule has 0 aromatic heterocycles. The van der Waals surface area contributed by atoms with E-state index in [1.54, 1.807) is 35.6 Å². The van der Waals surface area contributed by atoms with Crippen LogP contribution in [0, 0.1) is 0 Å². The largest absolute Gasteiger partial charge is 0.389 e. The van der Waals surface area contributed by atoms with Crippen LogP contribution in [0.2, 0.25) is 0 Å². The van der Waals surface area contributed by atoms with E-state index in [0.717, 1.165) is 36.8 Å². The van der Waals surface area contributed by atoms with Gasteiger partial charge >= 0.3 is 0 Å². The Labute approximate surface area is 132 Å². The fourth-order valence-corrected chi connectivity index (χ4v) is 4.37. The van der Waals surface area contributed by atoms with Gasteiger partial charge in [-0.25, -0.2) is 12.7 Å². The molecular weight excluding hydrogens is 304 g/mol. The van der Waals surface area contributed by atoms with Gasteiger partial charge < -0.3 is 5.73 Å². The second-order valence-corrected chi connectivity index (χ2v) is 8.09. The minimum Gasteiger partial charge on any atom is -0.389 e. The third-order valence-corrected chi connectivity index (χ3v) is 6.22. The maximum Gasteiger partial charge on any atom is 0.218 e. The molecule has 21 heavy (non-hydrogen) atoms. The van der Waals surface area contributed by atoms with Crippen molar-refractivity contribution in [1.82, 2.24) is 4.31 Å². The first-order valence-electron chi connectivity index (χ1n) is 7.24. The minimum atomic E-state index is -3.28. The number of benzene rings is 1. The fraction of sp³-hybridized carbons (Fsp3) is 0.533. The van der Waals surface area contributed by atoms with Gasteiger partial charge in [0.05, 0.1) is 5.75 Å². The van der Waals surface area contributed by atoms with Crippen LogP contribution in [0.1, 0.15) is 43.2 Å². The van der Waals surface area contributed by atoms with E-state index in [-0.39, 0.29) is 11.8 Å². The average molecular weight is 326 g/mol. The number of hydrogen-bond donors (Lipinski definition) is 1. The molecule has 2 rings (SSSR count). The van der Waals surface area contributed by atoms with Crippen molar-refractivity contribution in [2.75, 3.05) is 7.05 Å². The van der Waals surface area contributed by atoms with Crippen molar-refractivity contribution in [3.05, 3.63) is 35.4 Å². The highest BCUT2D eigenvalue weighted by Crippen LogP contribution is 2.24. The summed E-state index contributed by atoms with van der Waals surface area (Å²) in [7, 11) is -1.57. The SMILES string of the molecule is CN(C1CCCCC1)S(=O)(=O)Cc1ccc(C(N)=S)cc1. The van der Waals surface area contributed by atoms with Crippen molar-refractivity contribution in [1.29, 1.82) is 0 Å². The van der Waals surface area contributed by atoms with Crippen LogP contribution in [0.3, 0.4) is 0 Å². The summed E-state index contributed by atoms with van der Waals surface area (Å²) < 4.78 is 26.6. The molecule has 0 atom stereocenters. The van der Waals surface area contributed by atoms with E-state index < -0.39 is 10.0 Å². The number of nitrogens with two attached hydrogens (primary N) is 1. The maximum absolute atomic E-state index is 12.5. The first-order chi connectivity index (χ1) is 9.90. The molecule has 0 bridgehead atoms. The third-order valence-electron chi connectivity index (χ3n) is 4.12. The molecule has 0 amide bonds. The summed E-state index contributed by atoms with van der Waals surface area (Å²) in [6.07, 6.45) is 5.39. The Bertz CT molecular complexity index is 591. The van der Waals surface area contributed by atoms with Crippen LogP contribution in [0.4, 0.5) is 0 Å². The first-order valence-corrected chi connectivity index (χ1v) is 9.26. The van der Waals surface area contributed by atoms with Gasteiger partial charge in [-0.3, -0.25) is 0 Å². The molecule has 1 aromatic carbocycles. The van der Waals surface area contributed by atoms with Crippen molar-refractivity contribution < 1.29 is 8.42 Å². The number of nitrogens with zero attached hydrogens (tertiary/aromatic N) is 1. The Kier molecular flexibility index (Phi) is 5.35. The Balaban J connectivity index is 2.07. The van der Waals surface area contributed by atoms with E-state index >= 15 is 0 Å². The Hall–Kier alpha value is -0.980. The van der Waals surface area contributed by atoms with Crippen LogP contribution in [0.15, 0.2) is 24.3 Å². The van der Waals surface area contributed by atoms with Gasteiger partial charge in [0.1, 0.15) is 4.99 Å². The molecule has 0 unspecified atom stereocenters. The topological polar surface area (TPSA) is 63.4 Å². The monoisotopic (exact) mass is 326 g/mol. The van der Waals surface area contributed by atoms with Gasteiger partial charge in [0.25, 0.3) is 0 Å². The van der Waals surface area contributed by atoms with Crippen molar-refractivity contribution in [3.8, 4) is 0 Å². The summed E-state index contributed by atoms with van der Waals surface area (Å²) >= 11 is 4.89. The van der Waals surface area contributed by atoms with E-state index in [1.807, 2.05) is 0 Å². The third kappa shape index (κ3) is 4.25. The zero-order valence-electron chi connectivity index (χ0n) is 12.3. The van der Waals surface area contributed by atoms with Crippen LogP contribution in [-0.2, 0) is 15.8 Å². The van der Waals surface area contributed by atoms with Crippen molar-refractivity contribution in [2.24, 2.45) is 5.73 Å². The fourth-order valence-electron chi connectivity index (χ4n) is 2.75. The average Bonchev–Trinajstić information content (AvgIpc) is 2.47. The van der Waals surface area contributed by atoms with Crippen molar-refractivity contribution >= 4 is 27.2 Å². The summed E-state index contributed by atoms with van der Waals surface area (Å²) in [5.74, 6) is 0.0254. The van der Waals surface area contributed by atoms with E-state index in [1.165, 1.54) is 6.42 Å². The summed E-state index contributed by atoms with van der Waals surface area (Å²) in [4.78, 5) is 0.323. The zero-order chi connectivity index (χ0) is 15.5. The van der Waals surface area contributed by atoms with Crippen molar-refractivity contribution in [3.63, 3.8) is 0 Å². The smallest absolute Gasteiger partial charge is 0.218 e. The van der Waals surface area contributed by atoms with Crippen LogP contribution in [0.5, 0.6) is 0 Å². The molecule has 1 aliphatic rings. The number of hydrogen-bond acceptors (Lipinski definition) is 3. The second-order valence-electron chi connectivity index (χ2n) is 5.63. The minimum absolute atomic E-state index is 0.0254. The normalized spacial score (nSPS) is 17.0. The Morgan fingerprint density at radius 2 is 1.81 bits per heavy atom. The summed E-state index contributed by atoms with van der Waals surface area (Å²) in [6.45, 7) is 0. The van der Waals surface area contributed by atoms with Crippen LogP contribution >= 0.6 is 12.2 Å². The maximum atomic E-state index is 12.5. The lowest BCUT2D eigenvalue weighted by molar-refractivity contribution is 0.285. The van der Waals surface area contributed by atoms with Gasteiger partial charge in [-0.05, 0) is 18.4 Å². The summed E-state index contributed by atoms with van der Waals surface area (Å²) in [5, 5.41) is 0. The van der Waals surface area contributed by atoms with Gasteiger partial charge in [0, 0.05) is 18.7 Å². The number of rotatable bonds is 5.